The second-order valence-electron chi connectivity index (χ2n) is 7.94. The van der Waals surface area contributed by atoms with Crippen LogP contribution in [0.15, 0.2) is 66.9 Å². The summed E-state index contributed by atoms with van der Waals surface area (Å²) >= 11 is 0. The zero-order valence-corrected chi connectivity index (χ0v) is 17.7. The lowest BCUT2D eigenvalue weighted by Crippen LogP contribution is -2.21. The maximum atomic E-state index is 4.72. The van der Waals surface area contributed by atoms with E-state index in [-0.39, 0.29) is 0 Å². The third kappa shape index (κ3) is 3.82. The third-order valence-corrected chi connectivity index (χ3v) is 5.88. The molecule has 3 aromatic heterocycles. The first kappa shape index (κ1) is 19.5. The summed E-state index contributed by atoms with van der Waals surface area (Å²) in [5.74, 6) is 0.753. The number of benzene rings is 1. The Balaban J connectivity index is 1.51. The van der Waals surface area contributed by atoms with Crippen molar-refractivity contribution in [3.63, 3.8) is 0 Å². The van der Waals surface area contributed by atoms with E-state index in [0.717, 1.165) is 64.4 Å². The highest BCUT2D eigenvalue weighted by atomic mass is 15.1. The molecular weight excluding hydrogens is 384 g/mol. The number of rotatable bonds is 6. The average molecular weight is 411 g/mol. The first-order valence-electron chi connectivity index (χ1n) is 10.8. The van der Waals surface area contributed by atoms with Crippen LogP contribution in [0.1, 0.15) is 25.5 Å². The number of pyridine rings is 1. The van der Waals surface area contributed by atoms with Gasteiger partial charge >= 0.3 is 0 Å². The van der Waals surface area contributed by atoms with Crippen molar-refractivity contribution in [1.82, 2.24) is 30.0 Å². The topological polar surface area (TPSA) is 73.5 Å². The van der Waals surface area contributed by atoms with E-state index >= 15 is 0 Å². The minimum absolute atomic E-state index is 0.753. The highest BCUT2D eigenvalue weighted by Gasteiger charge is 2.15. The molecule has 0 radical (unpaired) electrons. The minimum Gasteiger partial charge on any atom is -0.337 e. The molecule has 0 aliphatic carbocycles. The molecular formula is C25H26N6. The molecule has 2 N–H and O–H groups in total. The fraction of sp³-hybridized carbons (Fsp3) is 0.240. The van der Waals surface area contributed by atoms with Crippen molar-refractivity contribution in [2.24, 2.45) is 0 Å². The normalized spacial score (nSPS) is 15.9. The second-order valence-corrected chi connectivity index (χ2v) is 7.94. The number of aromatic nitrogens is 5. The Labute approximate surface area is 181 Å². The van der Waals surface area contributed by atoms with Crippen LogP contribution in [0, 0.1) is 0 Å². The predicted octanol–water partition coefficient (Wildman–Crippen LogP) is 5.11. The number of likely N-dealkylation sites (tertiary alicyclic amines) is 1. The van der Waals surface area contributed by atoms with E-state index in [1.54, 1.807) is 0 Å². The van der Waals surface area contributed by atoms with E-state index in [1.807, 2.05) is 43.5 Å². The average Bonchev–Trinajstić information content (AvgIpc) is 3.55. The molecule has 0 spiro atoms. The van der Waals surface area contributed by atoms with E-state index in [0.29, 0.717) is 0 Å². The Kier molecular flexibility index (Phi) is 5.22. The van der Waals surface area contributed by atoms with Crippen molar-refractivity contribution in [2.75, 3.05) is 19.6 Å². The van der Waals surface area contributed by atoms with Gasteiger partial charge in [0.2, 0.25) is 0 Å². The van der Waals surface area contributed by atoms with Crippen LogP contribution in [0.25, 0.3) is 39.0 Å². The molecule has 4 aromatic rings. The Hall–Kier alpha value is -3.51. The Morgan fingerprint density at radius 1 is 1.19 bits per heavy atom. The predicted molar refractivity (Wildman–Crippen MR) is 127 cm³/mol. The molecule has 156 valence electrons. The quantitative estimate of drug-likeness (QED) is 0.433. The zero-order valence-electron chi connectivity index (χ0n) is 17.7. The molecule has 0 atom stereocenters. The van der Waals surface area contributed by atoms with Gasteiger partial charge in [0.25, 0.3) is 0 Å². The van der Waals surface area contributed by atoms with Gasteiger partial charge in [-0.1, -0.05) is 30.9 Å². The number of fused-ring (bicyclic) bond motifs is 2. The van der Waals surface area contributed by atoms with E-state index in [4.69, 9.17) is 4.98 Å². The van der Waals surface area contributed by atoms with Crippen LogP contribution in [0.3, 0.4) is 0 Å². The summed E-state index contributed by atoms with van der Waals surface area (Å²) in [6.45, 7) is 9.33. The van der Waals surface area contributed by atoms with Gasteiger partial charge in [-0.25, -0.2) is 4.98 Å². The Morgan fingerprint density at radius 3 is 2.81 bits per heavy atom. The summed E-state index contributed by atoms with van der Waals surface area (Å²) in [5.41, 5.74) is 6.81. The van der Waals surface area contributed by atoms with Gasteiger partial charge in [-0.05, 0) is 68.3 Å². The van der Waals surface area contributed by atoms with Crippen LogP contribution in [-0.4, -0.2) is 49.7 Å². The summed E-state index contributed by atoms with van der Waals surface area (Å²) in [6, 6.07) is 10.1. The number of nitrogens with zero attached hydrogens (tertiary/aromatic N) is 4. The smallest absolute Gasteiger partial charge is 0.159 e. The zero-order chi connectivity index (χ0) is 21.2. The van der Waals surface area contributed by atoms with Crippen LogP contribution in [0.2, 0.25) is 0 Å². The minimum atomic E-state index is 0.753. The van der Waals surface area contributed by atoms with Crippen molar-refractivity contribution in [1.29, 1.82) is 0 Å². The molecule has 4 heterocycles. The number of H-pyrrole nitrogens is 2. The van der Waals surface area contributed by atoms with Crippen molar-refractivity contribution >= 4 is 27.5 Å². The number of para-hydroxylation sites is 2. The number of nitrogens with one attached hydrogen (secondary N) is 2. The van der Waals surface area contributed by atoms with E-state index < -0.39 is 0 Å². The molecule has 0 unspecified atom stereocenters. The summed E-state index contributed by atoms with van der Waals surface area (Å²) in [4.78, 5) is 15.3. The molecule has 6 heteroatoms. The summed E-state index contributed by atoms with van der Waals surface area (Å²) in [6.07, 6.45) is 10.7. The van der Waals surface area contributed by atoms with Crippen LogP contribution in [-0.2, 0) is 0 Å². The van der Waals surface area contributed by atoms with Crippen LogP contribution in [0.4, 0.5) is 0 Å². The van der Waals surface area contributed by atoms with Gasteiger partial charge in [0.05, 0.1) is 28.4 Å². The van der Waals surface area contributed by atoms with Crippen LogP contribution in [0.5, 0.6) is 0 Å². The Bertz CT molecular complexity index is 1270. The largest absolute Gasteiger partial charge is 0.337 e. The van der Waals surface area contributed by atoms with Crippen LogP contribution < -0.4 is 0 Å². The molecule has 5 rings (SSSR count). The van der Waals surface area contributed by atoms with Crippen molar-refractivity contribution in [3.05, 3.63) is 72.6 Å². The lowest BCUT2D eigenvalue weighted by Gasteiger charge is -2.15. The van der Waals surface area contributed by atoms with Gasteiger partial charge in [0.15, 0.2) is 5.82 Å². The number of hydrogen-bond acceptors (Lipinski definition) is 4. The van der Waals surface area contributed by atoms with E-state index in [9.17, 15) is 0 Å². The summed E-state index contributed by atoms with van der Waals surface area (Å²) in [5, 5.41) is 8.60. The van der Waals surface area contributed by atoms with Gasteiger partial charge in [-0.2, -0.15) is 5.10 Å². The Morgan fingerprint density at radius 2 is 2.03 bits per heavy atom. The lowest BCUT2D eigenvalue weighted by molar-refractivity contribution is 0.371. The van der Waals surface area contributed by atoms with Crippen molar-refractivity contribution in [2.45, 2.75) is 19.8 Å². The van der Waals surface area contributed by atoms with Crippen LogP contribution >= 0.6 is 0 Å². The molecule has 1 aliphatic rings. The van der Waals surface area contributed by atoms with E-state index in [2.05, 4.69) is 49.9 Å². The maximum absolute atomic E-state index is 4.72. The monoisotopic (exact) mass is 410 g/mol. The van der Waals surface area contributed by atoms with Gasteiger partial charge in [-0.15, -0.1) is 0 Å². The number of hydrogen-bond donors (Lipinski definition) is 2. The molecule has 1 saturated heterocycles. The lowest BCUT2D eigenvalue weighted by atomic mass is 10.1. The number of aromatic amines is 2. The molecule has 6 nitrogen and oxygen atoms in total. The second kappa shape index (κ2) is 8.32. The summed E-state index contributed by atoms with van der Waals surface area (Å²) in [7, 11) is 0. The van der Waals surface area contributed by atoms with E-state index in [1.165, 1.54) is 18.4 Å². The number of imidazole rings is 1. The van der Waals surface area contributed by atoms with Gasteiger partial charge in [0, 0.05) is 11.9 Å². The molecule has 0 bridgehead atoms. The fourth-order valence-electron chi connectivity index (χ4n) is 4.19. The van der Waals surface area contributed by atoms with Gasteiger partial charge < -0.3 is 4.98 Å². The molecule has 1 fully saturated rings. The van der Waals surface area contributed by atoms with Gasteiger partial charge in [0.1, 0.15) is 5.69 Å². The van der Waals surface area contributed by atoms with Crippen molar-refractivity contribution < 1.29 is 0 Å². The number of allylic oxidation sites excluding steroid dienone is 3. The SMILES string of the molecule is C=C/C(=C\C(=C/C)c1cc2c(-c3nc4ccccc4[nH]3)n[nH]c2cn1)CN1CCCC1. The first-order chi connectivity index (χ1) is 15.2. The molecule has 0 amide bonds. The maximum Gasteiger partial charge on any atom is 0.159 e. The van der Waals surface area contributed by atoms with Gasteiger partial charge in [-0.3, -0.25) is 15.0 Å². The molecule has 31 heavy (non-hydrogen) atoms. The third-order valence-electron chi connectivity index (χ3n) is 5.88. The molecule has 0 saturated carbocycles. The first-order valence-corrected chi connectivity index (χ1v) is 10.8. The van der Waals surface area contributed by atoms with Crippen molar-refractivity contribution in [3.8, 4) is 11.5 Å². The standard InChI is InChI=1S/C25H26N6/c1-3-17(16-31-11-7-8-12-31)13-18(4-2)22-14-19-23(15-26-22)29-30-24(19)25-27-20-9-5-6-10-21(20)28-25/h3-6,9-10,13-15H,1,7-8,11-12,16H2,2H3,(H,27,28)(H,29,30)/b17-13+,18-4+. The highest BCUT2D eigenvalue weighted by Crippen LogP contribution is 2.28. The molecule has 1 aliphatic heterocycles. The fourth-order valence-corrected chi connectivity index (χ4v) is 4.19. The highest BCUT2D eigenvalue weighted by molar-refractivity contribution is 5.94. The molecule has 1 aromatic carbocycles. The summed E-state index contributed by atoms with van der Waals surface area (Å²) < 4.78 is 0.